The van der Waals surface area contributed by atoms with Crippen molar-refractivity contribution >= 4 is 5.91 Å². The zero-order chi connectivity index (χ0) is 10.8. The number of aliphatic hydroxyl groups is 1. The standard InChI is InChI=1S/C9H18N2O3/c1-3-9(2,10)8(13)11-6-4-14-5-7(6)12/h6-7,12H,3-5,10H2,1-2H3,(H,11,13)/t6-,7-,9?/m1/s1. The topological polar surface area (TPSA) is 84.6 Å². The molecule has 1 saturated heterocycles. The van der Waals surface area contributed by atoms with Crippen molar-refractivity contribution in [1.29, 1.82) is 0 Å². The molecule has 1 aliphatic rings. The number of nitrogens with two attached hydrogens (primary N) is 1. The van der Waals surface area contributed by atoms with Gasteiger partial charge in [-0.05, 0) is 13.3 Å². The van der Waals surface area contributed by atoms with Gasteiger partial charge in [0.15, 0.2) is 0 Å². The summed E-state index contributed by atoms with van der Waals surface area (Å²) in [6, 6.07) is -0.322. The Morgan fingerprint density at radius 2 is 2.36 bits per heavy atom. The fourth-order valence-electron chi connectivity index (χ4n) is 1.17. The molecule has 14 heavy (non-hydrogen) atoms. The summed E-state index contributed by atoms with van der Waals surface area (Å²) in [6.07, 6.45) is -0.0608. The molecule has 0 aromatic rings. The molecule has 82 valence electrons. The van der Waals surface area contributed by atoms with Gasteiger partial charge in [-0.3, -0.25) is 4.79 Å². The molecule has 0 aromatic carbocycles. The SMILES string of the molecule is CCC(C)(N)C(=O)N[C@@H]1COC[C@H]1O. The Morgan fingerprint density at radius 1 is 1.71 bits per heavy atom. The molecule has 1 fully saturated rings. The number of aliphatic hydroxyl groups excluding tert-OH is 1. The van der Waals surface area contributed by atoms with E-state index in [1.807, 2.05) is 6.92 Å². The van der Waals surface area contributed by atoms with E-state index in [4.69, 9.17) is 10.5 Å². The Morgan fingerprint density at radius 3 is 2.79 bits per heavy atom. The third kappa shape index (κ3) is 2.43. The van der Waals surface area contributed by atoms with Crippen molar-refractivity contribution < 1.29 is 14.6 Å². The predicted molar refractivity (Wildman–Crippen MR) is 51.6 cm³/mol. The molecule has 0 bridgehead atoms. The molecule has 3 atom stereocenters. The minimum Gasteiger partial charge on any atom is -0.388 e. The van der Waals surface area contributed by atoms with Crippen LogP contribution in [0.5, 0.6) is 0 Å². The van der Waals surface area contributed by atoms with Crippen LogP contribution in [0.2, 0.25) is 0 Å². The molecule has 0 aromatic heterocycles. The molecule has 5 heteroatoms. The largest absolute Gasteiger partial charge is 0.388 e. The first kappa shape index (κ1) is 11.4. The van der Waals surface area contributed by atoms with Crippen molar-refractivity contribution in [2.24, 2.45) is 5.73 Å². The average Bonchev–Trinajstić information content (AvgIpc) is 2.52. The second-order valence-electron chi connectivity index (χ2n) is 3.96. The first-order valence-electron chi connectivity index (χ1n) is 4.83. The molecule has 0 aliphatic carbocycles. The lowest BCUT2D eigenvalue weighted by molar-refractivity contribution is -0.127. The molecule has 1 aliphatic heterocycles. The van der Waals surface area contributed by atoms with Crippen molar-refractivity contribution in [3.63, 3.8) is 0 Å². The van der Waals surface area contributed by atoms with Gasteiger partial charge in [0, 0.05) is 0 Å². The highest BCUT2D eigenvalue weighted by atomic mass is 16.5. The van der Waals surface area contributed by atoms with E-state index in [1.165, 1.54) is 0 Å². The molecule has 1 amide bonds. The van der Waals surface area contributed by atoms with Crippen LogP contribution >= 0.6 is 0 Å². The maximum absolute atomic E-state index is 11.6. The number of carbonyl (C=O) groups is 1. The van der Waals surface area contributed by atoms with Crippen molar-refractivity contribution in [3.05, 3.63) is 0 Å². The molecule has 4 N–H and O–H groups in total. The van der Waals surface area contributed by atoms with Gasteiger partial charge in [0.2, 0.25) is 5.91 Å². The second-order valence-corrected chi connectivity index (χ2v) is 3.96. The second kappa shape index (κ2) is 4.25. The van der Waals surface area contributed by atoms with Crippen LogP contribution in [-0.4, -0.2) is 41.9 Å². The molecule has 1 heterocycles. The van der Waals surface area contributed by atoms with E-state index in [2.05, 4.69) is 5.32 Å². The molecule has 0 spiro atoms. The number of ether oxygens (including phenoxy) is 1. The predicted octanol–water partition coefficient (Wildman–Crippen LogP) is -1.01. The fourth-order valence-corrected chi connectivity index (χ4v) is 1.17. The van der Waals surface area contributed by atoms with E-state index in [1.54, 1.807) is 6.92 Å². The Bertz CT molecular complexity index is 218. The van der Waals surface area contributed by atoms with Gasteiger partial charge < -0.3 is 20.9 Å². The van der Waals surface area contributed by atoms with E-state index in [0.29, 0.717) is 13.0 Å². The van der Waals surface area contributed by atoms with Gasteiger partial charge in [-0.25, -0.2) is 0 Å². The molecule has 0 radical (unpaired) electrons. The zero-order valence-corrected chi connectivity index (χ0v) is 8.62. The fraction of sp³-hybridized carbons (Fsp3) is 0.889. The maximum Gasteiger partial charge on any atom is 0.240 e. The lowest BCUT2D eigenvalue weighted by atomic mass is 9.99. The van der Waals surface area contributed by atoms with Crippen LogP contribution < -0.4 is 11.1 Å². The lowest BCUT2D eigenvalue weighted by Crippen LogP contribution is -2.56. The Labute approximate surface area is 83.6 Å². The summed E-state index contributed by atoms with van der Waals surface area (Å²) in [4.78, 5) is 11.6. The van der Waals surface area contributed by atoms with Crippen LogP contribution in [-0.2, 0) is 9.53 Å². The Kier molecular flexibility index (Phi) is 3.47. The number of hydrogen-bond donors (Lipinski definition) is 3. The highest BCUT2D eigenvalue weighted by Gasteiger charge is 2.33. The van der Waals surface area contributed by atoms with Crippen LogP contribution in [0.4, 0.5) is 0 Å². The highest BCUT2D eigenvalue weighted by Crippen LogP contribution is 2.09. The Balaban J connectivity index is 2.48. The normalized spacial score (nSPS) is 31.1. The van der Waals surface area contributed by atoms with E-state index >= 15 is 0 Å². The highest BCUT2D eigenvalue weighted by molar-refractivity contribution is 5.85. The van der Waals surface area contributed by atoms with Gasteiger partial charge in [-0.15, -0.1) is 0 Å². The molecular formula is C9H18N2O3. The smallest absolute Gasteiger partial charge is 0.240 e. The summed E-state index contributed by atoms with van der Waals surface area (Å²) in [5.74, 6) is -0.241. The minimum absolute atomic E-state index is 0.241. The van der Waals surface area contributed by atoms with E-state index in [-0.39, 0.29) is 18.6 Å². The summed E-state index contributed by atoms with van der Waals surface area (Å²) in [6.45, 7) is 4.15. The van der Waals surface area contributed by atoms with E-state index in [0.717, 1.165) is 0 Å². The molecule has 1 rings (SSSR count). The number of hydrogen-bond acceptors (Lipinski definition) is 4. The number of rotatable bonds is 3. The molecular weight excluding hydrogens is 184 g/mol. The van der Waals surface area contributed by atoms with Gasteiger partial charge in [0.25, 0.3) is 0 Å². The van der Waals surface area contributed by atoms with Crippen LogP contribution in [0.25, 0.3) is 0 Å². The van der Waals surface area contributed by atoms with E-state index < -0.39 is 11.6 Å². The first-order chi connectivity index (χ1) is 6.47. The summed E-state index contributed by atoms with van der Waals surface area (Å²) in [5, 5.41) is 12.1. The number of amides is 1. The van der Waals surface area contributed by atoms with Gasteiger partial charge in [-0.2, -0.15) is 0 Å². The molecule has 0 saturated carbocycles. The number of nitrogens with one attached hydrogen (secondary N) is 1. The van der Waals surface area contributed by atoms with Crippen molar-refractivity contribution in [2.75, 3.05) is 13.2 Å². The first-order valence-corrected chi connectivity index (χ1v) is 4.83. The molecule has 1 unspecified atom stereocenters. The third-order valence-electron chi connectivity index (χ3n) is 2.62. The van der Waals surface area contributed by atoms with Gasteiger partial charge in [0.1, 0.15) is 0 Å². The minimum atomic E-state index is -0.873. The van der Waals surface area contributed by atoms with Crippen LogP contribution in [0.1, 0.15) is 20.3 Å². The zero-order valence-electron chi connectivity index (χ0n) is 8.62. The Hall–Kier alpha value is -0.650. The summed E-state index contributed by atoms with van der Waals surface area (Å²) in [5.41, 5.74) is 4.88. The van der Waals surface area contributed by atoms with Crippen molar-refractivity contribution in [3.8, 4) is 0 Å². The quantitative estimate of drug-likeness (QED) is 0.547. The number of carbonyl (C=O) groups excluding carboxylic acids is 1. The van der Waals surface area contributed by atoms with Gasteiger partial charge in [0.05, 0.1) is 30.9 Å². The van der Waals surface area contributed by atoms with Crippen molar-refractivity contribution in [1.82, 2.24) is 5.32 Å². The van der Waals surface area contributed by atoms with Crippen molar-refractivity contribution in [2.45, 2.75) is 38.0 Å². The lowest BCUT2D eigenvalue weighted by Gasteiger charge is -2.24. The van der Waals surface area contributed by atoms with Crippen LogP contribution in [0.15, 0.2) is 0 Å². The summed E-state index contributed by atoms with van der Waals surface area (Å²) >= 11 is 0. The van der Waals surface area contributed by atoms with E-state index in [9.17, 15) is 9.90 Å². The van der Waals surface area contributed by atoms with Crippen LogP contribution in [0.3, 0.4) is 0 Å². The molecule has 5 nitrogen and oxygen atoms in total. The summed E-state index contributed by atoms with van der Waals surface area (Å²) < 4.78 is 5.01. The van der Waals surface area contributed by atoms with Gasteiger partial charge in [-0.1, -0.05) is 6.92 Å². The average molecular weight is 202 g/mol. The third-order valence-corrected chi connectivity index (χ3v) is 2.62. The summed E-state index contributed by atoms with van der Waals surface area (Å²) in [7, 11) is 0. The van der Waals surface area contributed by atoms with Crippen LogP contribution in [0, 0.1) is 0 Å². The maximum atomic E-state index is 11.6. The van der Waals surface area contributed by atoms with Gasteiger partial charge >= 0.3 is 0 Å². The monoisotopic (exact) mass is 202 g/mol.